The van der Waals surface area contributed by atoms with Gasteiger partial charge in [0.25, 0.3) is 0 Å². The van der Waals surface area contributed by atoms with Crippen LogP contribution in [0.3, 0.4) is 0 Å². The second kappa shape index (κ2) is 5.93. The lowest BCUT2D eigenvalue weighted by atomic mass is 9.98. The molecule has 1 aliphatic rings. The van der Waals surface area contributed by atoms with E-state index in [9.17, 15) is 4.79 Å². The van der Waals surface area contributed by atoms with Crippen molar-refractivity contribution in [3.05, 3.63) is 59.2 Å². The van der Waals surface area contributed by atoms with E-state index in [1.807, 2.05) is 30.3 Å². The van der Waals surface area contributed by atoms with E-state index >= 15 is 0 Å². The molecule has 112 valence electrons. The molecule has 0 aliphatic carbocycles. The third-order valence-electron chi connectivity index (χ3n) is 3.56. The summed E-state index contributed by atoms with van der Waals surface area (Å²) in [5.41, 5.74) is 2.08. The second-order valence-corrected chi connectivity index (χ2v) is 4.92. The molecule has 0 N–H and O–H groups in total. The summed E-state index contributed by atoms with van der Waals surface area (Å²) in [7, 11) is 3.19. The minimum absolute atomic E-state index is 0.0315. The van der Waals surface area contributed by atoms with Gasteiger partial charge in [-0.3, -0.25) is 4.79 Å². The van der Waals surface area contributed by atoms with Crippen molar-refractivity contribution in [2.45, 2.75) is 0 Å². The molecular weight excluding hydrogens is 280 g/mol. The van der Waals surface area contributed by atoms with Gasteiger partial charge in [-0.1, -0.05) is 12.1 Å². The lowest BCUT2D eigenvalue weighted by Gasteiger charge is -2.19. The average molecular weight is 296 g/mol. The first-order chi connectivity index (χ1) is 10.7. The van der Waals surface area contributed by atoms with E-state index in [2.05, 4.69) is 0 Å². The molecule has 1 heterocycles. The van der Waals surface area contributed by atoms with Gasteiger partial charge < -0.3 is 14.2 Å². The molecule has 0 aromatic heterocycles. The van der Waals surface area contributed by atoms with Crippen molar-refractivity contribution < 1.29 is 19.0 Å². The fourth-order valence-electron chi connectivity index (χ4n) is 2.34. The summed E-state index contributed by atoms with van der Waals surface area (Å²) in [6.07, 6.45) is 1.84. The number of rotatable bonds is 3. The third-order valence-corrected chi connectivity index (χ3v) is 3.56. The Morgan fingerprint density at radius 2 is 1.68 bits per heavy atom. The minimum Gasteiger partial charge on any atom is -0.497 e. The number of carbonyl (C=O) groups is 1. The zero-order valence-electron chi connectivity index (χ0n) is 12.5. The molecular formula is C18H16O4. The quantitative estimate of drug-likeness (QED) is 0.815. The van der Waals surface area contributed by atoms with Crippen LogP contribution in [0.1, 0.15) is 15.9 Å². The summed E-state index contributed by atoms with van der Waals surface area (Å²) in [5, 5.41) is 0. The molecule has 0 spiro atoms. The molecule has 0 radical (unpaired) electrons. The fourth-order valence-corrected chi connectivity index (χ4v) is 2.34. The van der Waals surface area contributed by atoms with Crippen molar-refractivity contribution in [3.8, 4) is 17.2 Å². The van der Waals surface area contributed by atoms with Crippen LogP contribution in [-0.4, -0.2) is 26.6 Å². The largest absolute Gasteiger partial charge is 0.497 e. The highest BCUT2D eigenvalue weighted by molar-refractivity contribution is 6.14. The van der Waals surface area contributed by atoms with Crippen molar-refractivity contribution >= 4 is 11.9 Å². The molecule has 4 heteroatoms. The maximum atomic E-state index is 12.6. The number of ether oxygens (including phenoxy) is 3. The highest BCUT2D eigenvalue weighted by atomic mass is 16.5. The molecule has 0 bridgehead atoms. The Bertz CT molecular complexity index is 729. The molecule has 2 aromatic rings. The van der Waals surface area contributed by atoms with Gasteiger partial charge in [-0.15, -0.1) is 0 Å². The van der Waals surface area contributed by atoms with Crippen LogP contribution in [0.2, 0.25) is 0 Å². The van der Waals surface area contributed by atoms with E-state index in [1.165, 1.54) is 0 Å². The third kappa shape index (κ3) is 2.68. The monoisotopic (exact) mass is 296 g/mol. The smallest absolute Gasteiger partial charge is 0.196 e. The molecule has 0 fully saturated rings. The molecule has 0 unspecified atom stereocenters. The SMILES string of the molecule is COc1ccc(/C=C2\COc3ccc(OC)cc3C2=O)cc1. The van der Waals surface area contributed by atoms with Gasteiger partial charge in [0.05, 0.1) is 19.8 Å². The summed E-state index contributed by atoms with van der Waals surface area (Å²) in [6, 6.07) is 12.8. The molecule has 0 atom stereocenters. The molecule has 22 heavy (non-hydrogen) atoms. The zero-order valence-corrected chi connectivity index (χ0v) is 12.5. The number of ketones is 1. The van der Waals surface area contributed by atoms with Gasteiger partial charge in [0.15, 0.2) is 5.78 Å². The molecule has 0 saturated carbocycles. The molecule has 2 aromatic carbocycles. The molecule has 0 amide bonds. The number of hydrogen-bond donors (Lipinski definition) is 0. The Labute approximate surface area is 128 Å². The summed E-state index contributed by atoms with van der Waals surface area (Å²) in [6.45, 7) is 0.268. The van der Waals surface area contributed by atoms with Crippen LogP contribution in [0.25, 0.3) is 6.08 Å². The van der Waals surface area contributed by atoms with Crippen molar-refractivity contribution in [3.63, 3.8) is 0 Å². The van der Waals surface area contributed by atoms with E-state index in [4.69, 9.17) is 14.2 Å². The number of methoxy groups -OCH3 is 2. The Morgan fingerprint density at radius 3 is 2.36 bits per heavy atom. The predicted molar refractivity (Wildman–Crippen MR) is 83.8 cm³/mol. The Balaban J connectivity index is 1.92. The molecule has 4 nitrogen and oxygen atoms in total. The first-order valence-electron chi connectivity index (χ1n) is 6.91. The fraction of sp³-hybridized carbons (Fsp3) is 0.167. The van der Waals surface area contributed by atoms with Gasteiger partial charge in [-0.05, 0) is 42.0 Å². The maximum Gasteiger partial charge on any atom is 0.196 e. The van der Waals surface area contributed by atoms with Crippen molar-refractivity contribution in [1.82, 2.24) is 0 Å². The standard InChI is InChI=1S/C18H16O4/c1-20-14-5-3-12(4-6-14)9-13-11-22-17-8-7-15(21-2)10-16(17)18(13)19/h3-10H,11H2,1-2H3/b13-9+. The van der Waals surface area contributed by atoms with Crippen molar-refractivity contribution in [2.75, 3.05) is 20.8 Å². The van der Waals surface area contributed by atoms with E-state index in [0.29, 0.717) is 22.6 Å². The number of benzene rings is 2. The first-order valence-corrected chi connectivity index (χ1v) is 6.91. The van der Waals surface area contributed by atoms with Crippen LogP contribution in [-0.2, 0) is 0 Å². The summed E-state index contributed by atoms with van der Waals surface area (Å²) < 4.78 is 15.9. The normalized spacial score (nSPS) is 15.2. The molecule has 1 aliphatic heterocycles. The van der Waals surface area contributed by atoms with E-state index in [1.54, 1.807) is 32.4 Å². The van der Waals surface area contributed by atoms with E-state index < -0.39 is 0 Å². The van der Waals surface area contributed by atoms with Gasteiger partial charge in [0, 0.05) is 5.57 Å². The Hall–Kier alpha value is -2.75. The maximum absolute atomic E-state index is 12.6. The van der Waals surface area contributed by atoms with Gasteiger partial charge in [-0.2, -0.15) is 0 Å². The van der Waals surface area contributed by atoms with Crippen LogP contribution in [0.5, 0.6) is 17.2 Å². The van der Waals surface area contributed by atoms with Crippen LogP contribution < -0.4 is 14.2 Å². The number of fused-ring (bicyclic) bond motifs is 1. The second-order valence-electron chi connectivity index (χ2n) is 4.92. The van der Waals surface area contributed by atoms with Crippen molar-refractivity contribution in [2.24, 2.45) is 0 Å². The average Bonchev–Trinajstić information content (AvgIpc) is 2.58. The molecule has 3 rings (SSSR count). The number of hydrogen-bond acceptors (Lipinski definition) is 4. The lowest BCUT2D eigenvalue weighted by molar-refractivity contribution is 0.100. The van der Waals surface area contributed by atoms with Gasteiger partial charge in [0.2, 0.25) is 0 Å². The van der Waals surface area contributed by atoms with E-state index in [0.717, 1.165) is 11.3 Å². The van der Waals surface area contributed by atoms with Gasteiger partial charge in [0.1, 0.15) is 23.9 Å². The topological polar surface area (TPSA) is 44.8 Å². The van der Waals surface area contributed by atoms with Crippen LogP contribution in [0.4, 0.5) is 0 Å². The Kier molecular flexibility index (Phi) is 3.83. The first kappa shape index (κ1) is 14.2. The van der Waals surface area contributed by atoms with Crippen LogP contribution >= 0.6 is 0 Å². The zero-order chi connectivity index (χ0) is 15.5. The summed E-state index contributed by atoms with van der Waals surface area (Å²) >= 11 is 0. The summed E-state index contributed by atoms with van der Waals surface area (Å²) in [4.78, 5) is 12.6. The minimum atomic E-state index is -0.0315. The predicted octanol–water partition coefficient (Wildman–Crippen LogP) is 3.36. The van der Waals surface area contributed by atoms with Crippen LogP contribution in [0, 0.1) is 0 Å². The van der Waals surface area contributed by atoms with Crippen LogP contribution in [0.15, 0.2) is 48.0 Å². The Morgan fingerprint density at radius 1 is 1.00 bits per heavy atom. The van der Waals surface area contributed by atoms with Gasteiger partial charge in [-0.25, -0.2) is 0 Å². The lowest BCUT2D eigenvalue weighted by Crippen LogP contribution is -2.19. The molecule has 0 saturated heterocycles. The number of Topliss-reactive ketones (excluding diaryl/α,β-unsaturated/α-hetero) is 1. The van der Waals surface area contributed by atoms with Gasteiger partial charge >= 0.3 is 0 Å². The highest BCUT2D eigenvalue weighted by Gasteiger charge is 2.23. The number of carbonyl (C=O) groups excluding carboxylic acids is 1. The van der Waals surface area contributed by atoms with Crippen molar-refractivity contribution in [1.29, 1.82) is 0 Å². The summed E-state index contributed by atoms with van der Waals surface area (Å²) in [5.74, 6) is 1.98. The van der Waals surface area contributed by atoms with E-state index in [-0.39, 0.29) is 12.4 Å². The highest BCUT2D eigenvalue weighted by Crippen LogP contribution is 2.31.